The van der Waals surface area contributed by atoms with Crippen molar-refractivity contribution < 1.29 is 18.6 Å². The van der Waals surface area contributed by atoms with Crippen molar-refractivity contribution in [2.45, 2.75) is 12.3 Å². The van der Waals surface area contributed by atoms with Crippen molar-refractivity contribution in [2.24, 2.45) is 5.73 Å². The van der Waals surface area contributed by atoms with Crippen molar-refractivity contribution >= 4 is 0 Å². The van der Waals surface area contributed by atoms with Crippen LogP contribution in [0.4, 0.5) is 8.78 Å². The van der Waals surface area contributed by atoms with Crippen LogP contribution < -0.4 is 10.5 Å². The maximum atomic E-state index is 13.8. The highest BCUT2D eigenvalue weighted by Crippen LogP contribution is 2.29. The molecule has 3 N–H and O–H groups in total. The lowest BCUT2D eigenvalue weighted by molar-refractivity contribution is 0.373. The second-order valence-electron chi connectivity index (χ2n) is 4.81. The van der Waals surface area contributed by atoms with Crippen LogP contribution in [-0.4, -0.2) is 18.8 Å². The van der Waals surface area contributed by atoms with E-state index in [9.17, 15) is 13.9 Å². The van der Waals surface area contributed by atoms with Crippen molar-refractivity contribution in [1.29, 1.82) is 0 Å². The summed E-state index contributed by atoms with van der Waals surface area (Å²) in [5.41, 5.74) is 6.95. The summed E-state index contributed by atoms with van der Waals surface area (Å²) in [4.78, 5) is 0. The lowest BCUT2D eigenvalue weighted by atomic mass is 9.91. The summed E-state index contributed by atoms with van der Waals surface area (Å²) in [5, 5.41) is 9.57. The Kier molecular flexibility index (Phi) is 4.75. The average molecular weight is 293 g/mol. The van der Waals surface area contributed by atoms with Gasteiger partial charge in [0, 0.05) is 12.0 Å². The predicted molar refractivity (Wildman–Crippen MR) is 76.5 cm³/mol. The van der Waals surface area contributed by atoms with Gasteiger partial charge in [0.2, 0.25) is 0 Å². The van der Waals surface area contributed by atoms with Crippen LogP contribution >= 0.6 is 0 Å². The Morgan fingerprint density at radius 2 is 1.95 bits per heavy atom. The highest BCUT2D eigenvalue weighted by atomic mass is 19.1. The molecule has 0 aliphatic rings. The van der Waals surface area contributed by atoms with Crippen molar-refractivity contribution in [2.75, 3.05) is 13.7 Å². The van der Waals surface area contributed by atoms with Gasteiger partial charge in [-0.1, -0.05) is 12.1 Å². The van der Waals surface area contributed by atoms with E-state index in [-0.39, 0.29) is 18.2 Å². The summed E-state index contributed by atoms with van der Waals surface area (Å²) in [6.45, 7) is 0.228. The number of phenols is 1. The van der Waals surface area contributed by atoms with E-state index in [1.54, 1.807) is 12.1 Å². The van der Waals surface area contributed by atoms with Gasteiger partial charge in [0.25, 0.3) is 0 Å². The molecule has 0 bridgehead atoms. The van der Waals surface area contributed by atoms with Gasteiger partial charge in [0.1, 0.15) is 11.6 Å². The maximum absolute atomic E-state index is 13.8. The molecule has 0 amide bonds. The highest BCUT2D eigenvalue weighted by molar-refractivity contribution is 5.42. The number of aromatic hydroxyl groups is 1. The fourth-order valence-corrected chi connectivity index (χ4v) is 2.29. The largest absolute Gasteiger partial charge is 0.504 e. The first-order chi connectivity index (χ1) is 10.0. The van der Waals surface area contributed by atoms with Gasteiger partial charge in [-0.05, 0) is 42.3 Å². The molecule has 0 spiro atoms. The molecule has 112 valence electrons. The summed E-state index contributed by atoms with van der Waals surface area (Å²) < 4.78 is 31.9. The van der Waals surface area contributed by atoms with Gasteiger partial charge in [-0.15, -0.1) is 0 Å². The van der Waals surface area contributed by atoms with Gasteiger partial charge in [0.15, 0.2) is 11.5 Å². The molecule has 1 unspecified atom stereocenters. The van der Waals surface area contributed by atoms with Gasteiger partial charge in [-0.2, -0.15) is 0 Å². The fraction of sp³-hybridized carbons (Fsp3) is 0.250. The quantitative estimate of drug-likeness (QED) is 0.891. The molecular formula is C16H17F2NO2. The third-order valence-electron chi connectivity index (χ3n) is 3.41. The molecule has 21 heavy (non-hydrogen) atoms. The van der Waals surface area contributed by atoms with Gasteiger partial charge >= 0.3 is 0 Å². The Morgan fingerprint density at radius 1 is 1.19 bits per heavy atom. The van der Waals surface area contributed by atoms with Gasteiger partial charge in [-0.25, -0.2) is 8.78 Å². The number of methoxy groups -OCH3 is 1. The number of nitrogens with two attached hydrogens (primary N) is 1. The first-order valence-corrected chi connectivity index (χ1v) is 6.56. The minimum absolute atomic E-state index is 0.0403. The van der Waals surface area contributed by atoms with E-state index in [0.29, 0.717) is 17.7 Å². The molecule has 2 aromatic rings. The molecule has 0 radical (unpaired) electrons. The summed E-state index contributed by atoms with van der Waals surface area (Å²) in [5.74, 6) is -1.10. The molecule has 0 aromatic heterocycles. The molecule has 2 rings (SSSR count). The third-order valence-corrected chi connectivity index (χ3v) is 3.41. The molecule has 0 heterocycles. The SMILES string of the molecule is COc1cc(CC(CN)c2ccc(F)cc2F)ccc1O. The first kappa shape index (κ1) is 15.3. The van der Waals surface area contributed by atoms with Crippen molar-refractivity contribution in [3.63, 3.8) is 0 Å². The van der Waals surface area contributed by atoms with Crippen molar-refractivity contribution in [3.05, 3.63) is 59.2 Å². The molecule has 0 saturated heterocycles. The van der Waals surface area contributed by atoms with Gasteiger partial charge in [-0.3, -0.25) is 0 Å². The van der Waals surface area contributed by atoms with E-state index in [1.807, 2.05) is 0 Å². The fourth-order valence-electron chi connectivity index (χ4n) is 2.29. The van der Waals surface area contributed by atoms with E-state index in [0.717, 1.165) is 11.6 Å². The molecule has 5 heteroatoms. The normalized spacial score (nSPS) is 12.2. The van der Waals surface area contributed by atoms with Crippen LogP contribution in [0, 0.1) is 11.6 Å². The molecule has 2 aromatic carbocycles. The first-order valence-electron chi connectivity index (χ1n) is 6.56. The van der Waals surface area contributed by atoms with E-state index >= 15 is 0 Å². The van der Waals surface area contributed by atoms with Crippen LogP contribution in [0.3, 0.4) is 0 Å². The third kappa shape index (κ3) is 3.49. The Hall–Kier alpha value is -2.14. The van der Waals surface area contributed by atoms with Crippen LogP contribution in [0.2, 0.25) is 0 Å². The zero-order chi connectivity index (χ0) is 15.4. The highest BCUT2D eigenvalue weighted by Gasteiger charge is 2.16. The lowest BCUT2D eigenvalue weighted by Crippen LogP contribution is -2.16. The summed E-state index contributed by atoms with van der Waals surface area (Å²) in [7, 11) is 1.46. The smallest absolute Gasteiger partial charge is 0.160 e. The minimum Gasteiger partial charge on any atom is -0.504 e. The van der Waals surface area contributed by atoms with E-state index in [1.165, 1.54) is 25.3 Å². The van der Waals surface area contributed by atoms with E-state index < -0.39 is 11.6 Å². The Bertz CT molecular complexity index is 632. The Morgan fingerprint density at radius 3 is 2.57 bits per heavy atom. The van der Waals surface area contributed by atoms with Crippen LogP contribution in [0.1, 0.15) is 17.0 Å². The number of hydrogen-bond acceptors (Lipinski definition) is 3. The number of rotatable bonds is 5. The monoisotopic (exact) mass is 293 g/mol. The van der Waals surface area contributed by atoms with Crippen LogP contribution in [0.25, 0.3) is 0 Å². The van der Waals surface area contributed by atoms with Crippen LogP contribution in [-0.2, 0) is 6.42 Å². The average Bonchev–Trinajstić information content (AvgIpc) is 2.47. The summed E-state index contributed by atoms with van der Waals surface area (Å²) >= 11 is 0. The Labute approximate surface area is 122 Å². The second kappa shape index (κ2) is 6.54. The van der Waals surface area contributed by atoms with Crippen molar-refractivity contribution in [3.8, 4) is 11.5 Å². The summed E-state index contributed by atoms with van der Waals surface area (Å²) in [6.07, 6.45) is 0.468. The van der Waals surface area contributed by atoms with Crippen LogP contribution in [0.5, 0.6) is 11.5 Å². The zero-order valence-electron chi connectivity index (χ0n) is 11.6. The topological polar surface area (TPSA) is 55.5 Å². The molecule has 3 nitrogen and oxygen atoms in total. The molecule has 0 fully saturated rings. The minimum atomic E-state index is -0.613. The molecular weight excluding hydrogens is 276 g/mol. The van der Waals surface area contributed by atoms with Gasteiger partial charge < -0.3 is 15.6 Å². The number of ether oxygens (including phenoxy) is 1. The number of halogens is 2. The summed E-state index contributed by atoms with van der Waals surface area (Å²) in [6, 6.07) is 8.41. The number of hydrogen-bond donors (Lipinski definition) is 2. The molecule has 0 saturated carbocycles. The molecule has 0 aliphatic carbocycles. The van der Waals surface area contributed by atoms with E-state index in [4.69, 9.17) is 10.5 Å². The second-order valence-corrected chi connectivity index (χ2v) is 4.81. The maximum Gasteiger partial charge on any atom is 0.160 e. The van der Waals surface area contributed by atoms with Crippen molar-refractivity contribution in [1.82, 2.24) is 0 Å². The lowest BCUT2D eigenvalue weighted by Gasteiger charge is -2.17. The Balaban J connectivity index is 2.26. The number of phenolic OH excluding ortho intramolecular Hbond substituents is 1. The van der Waals surface area contributed by atoms with Gasteiger partial charge in [0.05, 0.1) is 7.11 Å². The standard InChI is InChI=1S/C16H17F2NO2/c1-21-16-7-10(2-5-15(16)20)6-11(9-19)13-4-3-12(17)8-14(13)18/h2-5,7-8,11,20H,6,9,19H2,1H3. The predicted octanol–water partition coefficient (Wildman–Crippen LogP) is 2.96. The molecule has 1 atom stereocenters. The van der Waals surface area contributed by atoms with E-state index in [2.05, 4.69) is 0 Å². The van der Waals surface area contributed by atoms with Crippen LogP contribution in [0.15, 0.2) is 36.4 Å². The number of benzene rings is 2. The molecule has 0 aliphatic heterocycles. The zero-order valence-corrected chi connectivity index (χ0v) is 11.6.